The maximum absolute atomic E-state index is 4.67. The van der Waals surface area contributed by atoms with Gasteiger partial charge in [-0.1, -0.05) is 12.8 Å². The van der Waals surface area contributed by atoms with Crippen molar-refractivity contribution in [3.8, 4) is 11.8 Å². The van der Waals surface area contributed by atoms with Crippen molar-refractivity contribution in [2.45, 2.75) is 32.7 Å². The average molecular weight is 347 g/mol. The van der Waals surface area contributed by atoms with E-state index in [1.165, 1.54) is 12.8 Å². The number of piperidine rings is 1. The van der Waals surface area contributed by atoms with Gasteiger partial charge >= 0.3 is 0 Å². The Balaban J connectivity index is 0.00000144. The normalized spacial score (nSPS) is 26.3. The van der Waals surface area contributed by atoms with Crippen LogP contribution >= 0.6 is 24.0 Å². The lowest BCUT2D eigenvalue weighted by Crippen LogP contribution is -2.48. The molecule has 0 saturated carbocycles. The summed E-state index contributed by atoms with van der Waals surface area (Å²) in [7, 11) is 2.09. The fourth-order valence-electron chi connectivity index (χ4n) is 2.53. The number of aliphatic imine (C=N–C) groups is 1. The molecule has 0 aromatic rings. The van der Waals surface area contributed by atoms with E-state index >= 15 is 0 Å². The molecule has 0 radical (unpaired) electrons. The lowest BCUT2D eigenvalue weighted by Gasteiger charge is -2.37. The molecule has 0 aromatic carbocycles. The lowest BCUT2D eigenvalue weighted by atomic mass is 9.95. The third-order valence-electron chi connectivity index (χ3n) is 3.48. The van der Waals surface area contributed by atoms with Crippen LogP contribution in [0.5, 0.6) is 0 Å². The monoisotopic (exact) mass is 347 g/mol. The Kier molecular flexibility index (Phi) is 5.57. The quantitative estimate of drug-likeness (QED) is 0.534. The second-order valence-electron chi connectivity index (χ2n) is 4.91. The third kappa shape index (κ3) is 3.27. The molecule has 0 spiro atoms. The zero-order valence-corrected chi connectivity index (χ0v) is 13.3. The average Bonchev–Trinajstić information content (AvgIpc) is 2.68. The van der Waals surface area contributed by atoms with Crippen molar-refractivity contribution in [3.05, 3.63) is 0 Å². The molecule has 2 aliphatic heterocycles. The second-order valence-corrected chi connectivity index (χ2v) is 4.91. The molecule has 2 rings (SSSR count). The van der Waals surface area contributed by atoms with E-state index in [9.17, 15) is 0 Å². The summed E-state index contributed by atoms with van der Waals surface area (Å²) >= 11 is 0. The molecule has 96 valence electrons. The van der Waals surface area contributed by atoms with Crippen LogP contribution in [0.15, 0.2) is 4.99 Å². The summed E-state index contributed by atoms with van der Waals surface area (Å²) in [6.45, 7) is 7.14. The molecule has 0 N–H and O–H groups in total. The number of nitrogens with zero attached hydrogens (tertiary/aromatic N) is 3. The zero-order valence-electron chi connectivity index (χ0n) is 10.9. The highest BCUT2D eigenvalue weighted by Gasteiger charge is 2.33. The van der Waals surface area contributed by atoms with Crippen molar-refractivity contribution in [2.24, 2.45) is 10.9 Å². The van der Waals surface area contributed by atoms with Gasteiger partial charge in [0.15, 0.2) is 5.96 Å². The van der Waals surface area contributed by atoms with Crippen LogP contribution in [0.2, 0.25) is 0 Å². The smallest absolute Gasteiger partial charge is 0.197 e. The first-order valence-electron chi connectivity index (χ1n) is 6.14. The molecular weight excluding hydrogens is 325 g/mol. The molecule has 2 unspecified atom stereocenters. The van der Waals surface area contributed by atoms with Gasteiger partial charge in [0, 0.05) is 13.6 Å². The summed E-state index contributed by atoms with van der Waals surface area (Å²) in [5.41, 5.74) is 0. The van der Waals surface area contributed by atoms with Crippen LogP contribution in [0.1, 0.15) is 26.7 Å². The van der Waals surface area contributed by atoms with Crippen molar-refractivity contribution in [1.82, 2.24) is 9.80 Å². The highest BCUT2D eigenvalue weighted by molar-refractivity contribution is 14.0. The summed E-state index contributed by atoms with van der Waals surface area (Å²) in [5.74, 6) is 7.99. The Morgan fingerprint density at radius 1 is 1.47 bits per heavy atom. The summed E-state index contributed by atoms with van der Waals surface area (Å²) in [4.78, 5) is 9.32. The molecule has 17 heavy (non-hydrogen) atoms. The standard InChI is InChI=1S/C13H21N3.HI/c1-4-5-8-15(3)13-14-9-12-7-6-11(2)10-16(12)13;/h11-12H,6-10H2,1-3H3;1H. The van der Waals surface area contributed by atoms with E-state index in [4.69, 9.17) is 0 Å². The molecule has 0 bridgehead atoms. The molecule has 0 amide bonds. The molecular formula is C13H22IN3. The minimum atomic E-state index is 0. The highest BCUT2D eigenvalue weighted by atomic mass is 127. The molecule has 3 nitrogen and oxygen atoms in total. The Morgan fingerprint density at radius 3 is 2.94 bits per heavy atom. The maximum atomic E-state index is 4.67. The van der Waals surface area contributed by atoms with Crippen LogP contribution in [0.25, 0.3) is 0 Å². The number of halogens is 1. The van der Waals surface area contributed by atoms with Gasteiger partial charge in [-0.15, -0.1) is 29.9 Å². The molecule has 1 saturated heterocycles. The molecule has 1 fully saturated rings. The Morgan fingerprint density at radius 2 is 2.24 bits per heavy atom. The van der Waals surface area contributed by atoms with Gasteiger partial charge in [-0.25, -0.2) is 0 Å². The molecule has 2 aliphatic rings. The molecule has 2 atom stereocenters. The number of hydrogen-bond donors (Lipinski definition) is 0. The lowest BCUT2D eigenvalue weighted by molar-refractivity contribution is 0.200. The van der Waals surface area contributed by atoms with Crippen molar-refractivity contribution < 1.29 is 0 Å². The van der Waals surface area contributed by atoms with Crippen LogP contribution in [0, 0.1) is 17.8 Å². The summed E-state index contributed by atoms with van der Waals surface area (Å²) in [6, 6.07) is 0.656. The van der Waals surface area contributed by atoms with Gasteiger partial charge < -0.3 is 9.80 Å². The summed E-state index contributed by atoms with van der Waals surface area (Å²) in [6.07, 6.45) is 2.64. The maximum Gasteiger partial charge on any atom is 0.197 e. The molecule has 4 heteroatoms. The second kappa shape index (κ2) is 6.48. The first-order chi connectivity index (χ1) is 7.72. The van der Waals surface area contributed by atoms with Crippen LogP contribution in [0.3, 0.4) is 0 Å². The van der Waals surface area contributed by atoms with Crippen molar-refractivity contribution in [2.75, 3.05) is 26.7 Å². The van der Waals surface area contributed by atoms with Crippen LogP contribution in [0.4, 0.5) is 0 Å². The first kappa shape index (κ1) is 14.6. The minimum Gasteiger partial charge on any atom is -0.338 e. The van der Waals surface area contributed by atoms with Crippen LogP contribution in [-0.4, -0.2) is 48.5 Å². The van der Waals surface area contributed by atoms with Gasteiger partial charge in [-0.3, -0.25) is 4.99 Å². The van der Waals surface area contributed by atoms with E-state index in [0.717, 1.165) is 31.5 Å². The van der Waals surface area contributed by atoms with E-state index in [0.29, 0.717) is 6.04 Å². The molecule has 2 heterocycles. The number of fused-ring (bicyclic) bond motifs is 1. The van der Waals surface area contributed by atoms with Crippen LogP contribution < -0.4 is 0 Å². The van der Waals surface area contributed by atoms with Gasteiger partial charge in [0.1, 0.15) is 0 Å². The molecule has 0 aliphatic carbocycles. The van der Waals surface area contributed by atoms with Crippen molar-refractivity contribution in [3.63, 3.8) is 0 Å². The van der Waals surface area contributed by atoms with Gasteiger partial charge in [0.25, 0.3) is 0 Å². The van der Waals surface area contributed by atoms with E-state index < -0.39 is 0 Å². The number of guanidine groups is 1. The van der Waals surface area contributed by atoms with Gasteiger partial charge in [0.05, 0.1) is 19.1 Å². The fraction of sp³-hybridized carbons (Fsp3) is 0.769. The number of rotatable bonds is 1. The SMILES string of the molecule is CC#CCN(C)C1=NCC2CCC(C)CN12.I. The van der Waals surface area contributed by atoms with E-state index in [1.807, 2.05) is 6.92 Å². The van der Waals surface area contributed by atoms with Crippen molar-refractivity contribution in [1.29, 1.82) is 0 Å². The van der Waals surface area contributed by atoms with Gasteiger partial charge in [-0.2, -0.15) is 0 Å². The van der Waals surface area contributed by atoms with E-state index in [-0.39, 0.29) is 24.0 Å². The predicted octanol–water partition coefficient (Wildman–Crippen LogP) is 2.03. The predicted molar refractivity (Wildman–Crippen MR) is 82.7 cm³/mol. The van der Waals surface area contributed by atoms with E-state index in [1.54, 1.807) is 0 Å². The van der Waals surface area contributed by atoms with Crippen LogP contribution in [-0.2, 0) is 0 Å². The van der Waals surface area contributed by atoms with Gasteiger partial charge in [-0.05, 0) is 25.7 Å². The Bertz CT molecular complexity index is 342. The Hall–Kier alpha value is -0.440. The molecule has 0 aromatic heterocycles. The van der Waals surface area contributed by atoms with Crippen molar-refractivity contribution >= 4 is 29.9 Å². The largest absolute Gasteiger partial charge is 0.338 e. The third-order valence-corrected chi connectivity index (χ3v) is 3.48. The highest BCUT2D eigenvalue weighted by Crippen LogP contribution is 2.26. The minimum absolute atomic E-state index is 0. The summed E-state index contributed by atoms with van der Waals surface area (Å²) in [5, 5.41) is 0. The summed E-state index contributed by atoms with van der Waals surface area (Å²) < 4.78 is 0. The topological polar surface area (TPSA) is 18.8 Å². The van der Waals surface area contributed by atoms with Gasteiger partial charge in [0.2, 0.25) is 0 Å². The zero-order chi connectivity index (χ0) is 11.5. The first-order valence-corrected chi connectivity index (χ1v) is 6.14. The fourth-order valence-corrected chi connectivity index (χ4v) is 2.53. The number of hydrogen-bond acceptors (Lipinski definition) is 3. The van der Waals surface area contributed by atoms with E-state index in [2.05, 4.69) is 40.6 Å². The Labute approximate surface area is 122 Å².